The van der Waals surface area contributed by atoms with Crippen LogP contribution in [0.2, 0.25) is 0 Å². The van der Waals surface area contributed by atoms with Crippen LogP contribution >= 0.6 is 0 Å². The normalized spacial score (nSPS) is 9.92. The molecule has 1 radical (unpaired) electrons. The van der Waals surface area contributed by atoms with Crippen molar-refractivity contribution in [2.45, 2.75) is 6.92 Å². The first kappa shape index (κ1) is 8.06. The van der Waals surface area contributed by atoms with E-state index in [4.69, 9.17) is 0 Å². The Morgan fingerprint density at radius 1 is 0.923 bits per heavy atom. The SMILES string of the molecule is Cc1cccc(-c2cc[c]cc2)c1. The Kier molecular flexibility index (Phi) is 2.13. The molecule has 0 heterocycles. The molecule has 0 spiro atoms. The Hall–Kier alpha value is -1.56. The van der Waals surface area contributed by atoms with Crippen LogP contribution in [0.3, 0.4) is 0 Å². The second kappa shape index (κ2) is 3.44. The fourth-order valence-electron chi connectivity index (χ4n) is 1.40. The molecule has 0 saturated heterocycles. The maximum atomic E-state index is 3.02. The standard InChI is InChI=1S/C13H11/c1-11-6-5-9-13(10-11)12-7-3-2-4-8-12/h3-10H,1H3. The lowest BCUT2D eigenvalue weighted by Crippen LogP contribution is -1.77. The lowest BCUT2D eigenvalue weighted by molar-refractivity contribution is 1.47. The minimum absolute atomic E-state index is 1.25. The van der Waals surface area contributed by atoms with E-state index in [1.165, 1.54) is 16.7 Å². The zero-order valence-corrected chi connectivity index (χ0v) is 7.62. The first-order valence-corrected chi connectivity index (χ1v) is 4.39. The molecular formula is C13H11. The van der Waals surface area contributed by atoms with Crippen LogP contribution in [0.25, 0.3) is 11.1 Å². The van der Waals surface area contributed by atoms with Crippen molar-refractivity contribution >= 4 is 0 Å². The van der Waals surface area contributed by atoms with E-state index in [1.54, 1.807) is 0 Å². The van der Waals surface area contributed by atoms with Crippen LogP contribution in [-0.2, 0) is 0 Å². The van der Waals surface area contributed by atoms with Gasteiger partial charge in [0.2, 0.25) is 0 Å². The summed E-state index contributed by atoms with van der Waals surface area (Å²) in [6.07, 6.45) is 0. The summed E-state index contributed by atoms with van der Waals surface area (Å²) in [5.41, 5.74) is 3.82. The van der Waals surface area contributed by atoms with Crippen LogP contribution in [-0.4, -0.2) is 0 Å². The average Bonchev–Trinajstić information content (AvgIpc) is 2.19. The molecule has 2 rings (SSSR count). The van der Waals surface area contributed by atoms with E-state index < -0.39 is 0 Å². The van der Waals surface area contributed by atoms with Gasteiger partial charge in [-0.2, -0.15) is 0 Å². The third-order valence-electron chi connectivity index (χ3n) is 2.07. The fourth-order valence-corrected chi connectivity index (χ4v) is 1.40. The average molecular weight is 167 g/mol. The molecule has 0 aliphatic heterocycles. The Bertz CT molecular complexity index is 388. The molecule has 2 aromatic rings. The molecular weight excluding hydrogens is 156 g/mol. The van der Waals surface area contributed by atoms with Gasteiger partial charge in [-0.15, -0.1) is 0 Å². The summed E-state index contributed by atoms with van der Waals surface area (Å²) in [5, 5.41) is 0. The van der Waals surface area contributed by atoms with Gasteiger partial charge in [-0.25, -0.2) is 0 Å². The van der Waals surface area contributed by atoms with Gasteiger partial charge in [0.15, 0.2) is 0 Å². The highest BCUT2D eigenvalue weighted by Gasteiger charge is 1.94. The summed E-state index contributed by atoms with van der Waals surface area (Å²) < 4.78 is 0. The minimum atomic E-state index is 1.25. The molecule has 0 amide bonds. The molecule has 0 bridgehead atoms. The summed E-state index contributed by atoms with van der Waals surface area (Å²) in [7, 11) is 0. The largest absolute Gasteiger partial charge is 0.0614 e. The Labute approximate surface area is 78.9 Å². The van der Waals surface area contributed by atoms with Crippen molar-refractivity contribution in [3.05, 3.63) is 60.2 Å². The molecule has 0 saturated carbocycles. The summed E-state index contributed by atoms with van der Waals surface area (Å²) in [6, 6.07) is 19.6. The van der Waals surface area contributed by atoms with Crippen molar-refractivity contribution in [1.82, 2.24) is 0 Å². The molecule has 0 unspecified atom stereocenters. The molecule has 0 aliphatic rings. The van der Waals surface area contributed by atoms with E-state index in [2.05, 4.69) is 49.4 Å². The quantitative estimate of drug-likeness (QED) is 0.610. The molecule has 2 aromatic carbocycles. The van der Waals surface area contributed by atoms with Crippen LogP contribution in [0.15, 0.2) is 48.5 Å². The van der Waals surface area contributed by atoms with E-state index >= 15 is 0 Å². The van der Waals surface area contributed by atoms with Crippen LogP contribution in [0.4, 0.5) is 0 Å². The van der Waals surface area contributed by atoms with E-state index in [9.17, 15) is 0 Å². The van der Waals surface area contributed by atoms with Gasteiger partial charge in [0.25, 0.3) is 0 Å². The van der Waals surface area contributed by atoms with E-state index in [0.717, 1.165) is 0 Å². The smallest absolute Gasteiger partial charge is 0.0181 e. The van der Waals surface area contributed by atoms with Gasteiger partial charge < -0.3 is 0 Å². The third-order valence-corrected chi connectivity index (χ3v) is 2.07. The molecule has 0 nitrogen and oxygen atoms in total. The summed E-state index contributed by atoms with van der Waals surface area (Å²) in [4.78, 5) is 0. The molecule has 0 atom stereocenters. The van der Waals surface area contributed by atoms with E-state index in [-0.39, 0.29) is 0 Å². The van der Waals surface area contributed by atoms with Crippen molar-refractivity contribution in [1.29, 1.82) is 0 Å². The topological polar surface area (TPSA) is 0 Å². The fraction of sp³-hybridized carbons (Fsp3) is 0.0769. The zero-order valence-electron chi connectivity index (χ0n) is 7.62. The Balaban J connectivity index is 2.48. The number of benzene rings is 2. The van der Waals surface area contributed by atoms with Gasteiger partial charge in [0.05, 0.1) is 0 Å². The lowest BCUT2D eigenvalue weighted by Gasteiger charge is -2.01. The van der Waals surface area contributed by atoms with Gasteiger partial charge in [-0.1, -0.05) is 54.1 Å². The van der Waals surface area contributed by atoms with E-state index in [0.29, 0.717) is 0 Å². The van der Waals surface area contributed by atoms with Crippen LogP contribution in [0.1, 0.15) is 5.56 Å². The zero-order chi connectivity index (χ0) is 9.10. The highest BCUT2D eigenvalue weighted by molar-refractivity contribution is 5.63. The lowest BCUT2D eigenvalue weighted by atomic mass is 10.0. The Morgan fingerprint density at radius 3 is 2.38 bits per heavy atom. The number of hydrogen-bond donors (Lipinski definition) is 0. The van der Waals surface area contributed by atoms with Gasteiger partial charge >= 0.3 is 0 Å². The summed E-state index contributed by atoms with van der Waals surface area (Å²) in [6.45, 7) is 2.11. The summed E-state index contributed by atoms with van der Waals surface area (Å²) in [5.74, 6) is 0. The van der Waals surface area contributed by atoms with Crippen LogP contribution in [0.5, 0.6) is 0 Å². The number of aryl methyl sites for hydroxylation is 1. The molecule has 0 fully saturated rings. The van der Waals surface area contributed by atoms with Crippen molar-refractivity contribution in [3.63, 3.8) is 0 Å². The third kappa shape index (κ3) is 1.78. The van der Waals surface area contributed by atoms with Crippen molar-refractivity contribution in [2.24, 2.45) is 0 Å². The number of hydrogen-bond acceptors (Lipinski definition) is 0. The first-order valence-electron chi connectivity index (χ1n) is 4.39. The van der Waals surface area contributed by atoms with Gasteiger partial charge in [-0.05, 0) is 24.1 Å². The number of rotatable bonds is 1. The second-order valence-corrected chi connectivity index (χ2v) is 3.16. The van der Waals surface area contributed by atoms with Crippen molar-refractivity contribution in [2.75, 3.05) is 0 Å². The molecule has 0 N–H and O–H groups in total. The van der Waals surface area contributed by atoms with Gasteiger partial charge in [0, 0.05) is 0 Å². The first-order chi connectivity index (χ1) is 6.36. The Morgan fingerprint density at radius 2 is 1.69 bits per heavy atom. The molecule has 63 valence electrons. The van der Waals surface area contributed by atoms with Crippen LogP contribution < -0.4 is 0 Å². The summed E-state index contributed by atoms with van der Waals surface area (Å²) >= 11 is 0. The molecule has 0 aromatic heterocycles. The van der Waals surface area contributed by atoms with Crippen molar-refractivity contribution < 1.29 is 0 Å². The van der Waals surface area contributed by atoms with E-state index in [1.807, 2.05) is 12.1 Å². The highest BCUT2D eigenvalue weighted by Crippen LogP contribution is 2.19. The van der Waals surface area contributed by atoms with Gasteiger partial charge in [-0.3, -0.25) is 0 Å². The maximum Gasteiger partial charge on any atom is -0.0181 e. The highest BCUT2D eigenvalue weighted by atomic mass is 14.0. The molecule has 13 heavy (non-hydrogen) atoms. The monoisotopic (exact) mass is 167 g/mol. The predicted octanol–water partition coefficient (Wildman–Crippen LogP) is 3.46. The second-order valence-electron chi connectivity index (χ2n) is 3.16. The molecule has 0 aliphatic carbocycles. The predicted molar refractivity (Wildman–Crippen MR) is 55.5 cm³/mol. The van der Waals surface area contributed by atoms with Gasteiger partial charge in [0.1, 0.15) is 0 Å². The molecule has 0 heteroatoms. The van der Waals surface area contributed by atoms with Crippen molar-refractivity contribution in [3.8, 4) is 11.1 Å². The maximum absolute atomic E-state index is 3.02. The minimum Gasteiger partial charge on any atom is -0.0614 e. The van der Waals surface area contributed by atoms with Crippen LogP contribution in [0, 0.1) is 13.0 Å².